The quantitative estimate of drug-likeness (QED) is 0.424. The summed E-state index contributed by atoms with van der Waals surface area (Å²) in [5.74, 6) is 1.47. The number of benzene rings is 1. The summed E-state index contributed by atoms with van der Waals surface area (Å²) >= 11 is 0. The summed E-state index contributed by atoms with van der Waals surface area (Å²) in [5, 5.41) is 6.24. The largest absolute Gasteiger partial charge is 0.493 e. The maximum absolute atomic E-state index is 11.4. The van der Waals surface area contributed by atoms with Gasteiger partial charge in [-0.25, -0.2) is 0 Å². The Bertz CT molecular complexity index is 548. The predicted octanol–water partition coefficient (Wildman–Crippen LogP) is 1.44. The van der Waals surface area contributed by atoms with E-state index in [2.05, 4.69) is 15.6 Å². The van der Waals surface area contributed by atoms with E-state index >= 15 is 0 Å². The topological polar surface area (TPSA) is 81.2 Å². The maximum atomic E-state index is 11.4. The Balaban J connectivity index is 2.44. The molecule has 0 aliphatic rings. The number of rotatable bonds is 8. The number of methoxy groups -OCH3 is 2. The number of ether oxygens (including phenoxy) is 3. The zero-order valence-electron chi connectivity index (χ0n) is 15.0. The summed E-state index contributed by atoms with van der Waals surface area (Å²) < 4.78 is 15.8. The number of carbonyl (C=O) groups excluding carboxylic acids is 1. The van der Waals surface area contributed by atoms with Crippen molar-refractivity contribution >= 4 is 11.9 Å². The number of hydrogen-bond acceptors (Lipinski definition) is 5. The lowest BCUT2D eigenvalue weighted by Crippen LogP contribution is -2.44. The first-order chi connectivity index (χ1) is 11.5. The van der Waals surface area contributed by atoms with Gasteiger partial charge in [0.1, 0.15) is 6.10 Å². The Morgan fingerprint density at radius 3 is 2.33 bits per heavy atom. The molecule has 2 atom stereocenters. The van der Waals surface area contributed by atoms with Gasteiger partial charge in [-0.1, -0.05) is 19.1 Å². The number of nitrogens with one attached hydrogen (secondary N) is 2. The second-order valence-corrected chi connectivity index (χ2v) is 5.34. The van der Waals surface area contributed by atoms with Crippen LogP contribution in [0.4, 0.5) is 0 Å². The van der Waals surface area contributed by atoms with Crippen LogP contribution in [-0.4, -0.2) is 52.4 Å². The second kappa shape index (κ2) is 10.4. The molecule has 0 aromatic heterocycles. The van der Waals surface area contributed by atoms with Gasteiger partial charge in [-0.05, 0) is 19.1 Å². The molecule has 0 aliphatic carbocycles. The molecule has 1 aromatic carbocycles. The van der Waals surface area contributed by atoms with Gasteiger partial charge in [-0.15, -0.1) is 0 Å². The van der Waals surface area contributed by atoms with Gasteiger partial charge in [0, 0.05) is 13.6 Å². The van der Waals surface area contributed by atoms with Crippen molar-refractivity contribution in [2.75, 3.05) is 34.4 Å². The molecule has 0 aliphatic heterocycles. The standard InChI is InChI=1S/C17H27N3O4/c1-12(16(21)23-5)10-19-17(18-3)20-11-13(2)24-15-9-7-6-8-14(15)22-4/h6-9,12-13H,10-11H2,1-5H3,(H2,18,19,20). The van der Waals surface area contributed by atoms with Gasteiger partial charge in [0.05, 0.1) is 26.7 Å². The van der Waals surface area contributed by atoms with Crippen LogP contribution in [0, 0.1) is 5.92 Å². The molecule has 0 saturated heterocycles. The Hall–Kier alpha value is -2.44. The fourth-order valence-electron chi connectivity index (χ4n) is 1.97. The molecule has 0 bridgehead atoms. The van der Waals surface area contributed by atoms with E-state index in [1.807, 2.05) is 31.2 Å². The van der Waals surface area contributed by atoms with Crippen LogP contribution >= 0.6 is 0 Å². The van der Waals surface area contributed by atoms with Gasteiger partial charge >= 0.3 is 5.97 Å². The van der Waals surface area contributed by atoms with Gasteiger partial charge in [0.25, 0.3) is 0 Å². The summed E-state index contributed by atoms with van der Waals surface area (Å²) in [6.07, 6.45) is -0.0992. The Kier molecular flexibility index (Phi) is 8.46. The van der Waals surface area contributed by atoms with Crippen molar-refractivity contribution in [3.05, 3.63) is 24.3 Å². The Labute approximate surface area is 143 Å². The van der Waals surface area contributed by atoms with Crippen LogP contribution in [0.3, 0.4) is 0 Å². The summed E-state index contributed by atoms with van der Waals surface area (Å²) in [4.78, 5) is 15.5. The first kappa shape index (κ1) is 19.6. The molecule has 1 aromatic rings. The van der Waals surface area contributed by atoms with E-state index in [1.54, 1.807) is 21.1 Å². The summed E-state index contributed by atoms with van der Waals surface area (Å²) in [6.45, 7) is 4.72. The lowest BCUT2D eigenvalue weighted by atomic mass is 10.2. The summed E-state index contributed by atoms with van der Waals surface area (Å²) in [5.41, 5.74) is 0. The van der Waals surface area contributed by atoms with Crippen molar-refractivity contribution in [2.24, 2.45) is 10.9 Å². The smallest absolute Gasteiger partial charge is 0.310 e. The van der Waals surface area contributed by atoms with Gasteiger partial charge in [0.2, 0.25) is 0 Å². The van der Waals surface area contributed by atoms with E-state index in [0.29, 0.717) is 30.5 Å². The molecule has 0 saturated carbocycles. The van der Waals surface area contributed by atoms with Gasteiger partial charge in [-0.3, -0.25) is 9.79 Å². The van der Waals surface area contributed by atoms with Crippen LogP contribution in [0.15, 0.2) is 29.3 Å². The predicted molar refractivity (Wildman–Crippen MR) is 93.6 cm³/mol. The summed E-state index contributed by atoms with van der Waals surface area (Å²) in [6, 6.07) is 7.50. The lowest BCUT2D eigenvalue weighted by molar-refractivity contribution is -0.144. The highest BCUT2D eigenvalue weighted by atomic mass is 16.5. The van der Waals surface area contributed by atoms with Crippen molar-refractivity contribution < 1.29 is 19.0 Å². The van der Waals surface area contributed by atoms with E-state index in [9.17, 15) is 4.79 Å². The SMILES string of the molecule is CN=C(NCC(C)Oc1ccccc1OC)NCC(C)C(=O)OC. The third-order valence-corrected chi connectivity index (χ3v) is 3.36. The first-order valence-corrected chi connectivity index (χ1v) is 7.83. The van der Waals surface area contributed by atoms with Crippen molar-refractivity contribution in [1.29, 1.82) is 0 Å². The van der Waals surface area contributed by atoms with E-state index in [-0.39, 0.29) is 18.0 Å². The molecular weight excluding hydrogens is 310 g/mol. The fourth-order valence-corrected chi connectivity index (χ4v) is 1.97. The third-order valence-electron chi connectivity index (χ3n) is 3.36. The number of carbonyl (C=O) groups is 1. The second-order valence-electron chi connectivity index (χ2n) is 5.34. The molecule has 7 nitrogen and oxygen atoms in total. The molecule has 134 valence electrons. The van der Waals surface area contributed by atoms with Crippen LogP contribution in [0.5, 0.6) is 11.5 Å². The number of guanidine groups is 1. The molecule has 2 unspecified atom stereocenters. The van der Waals surface area contributed by atoms with Crippen LogP contribution in [-0.2, 0) is 9.53 Å². The van der Waals surface area contributed by atoms with Crippen molar-refractivity contribution in [2.45, 2.75) is 20.0 Å². The minimum Gasteiger partial charge on any atom is -0.493 e. The van der Waals surface area contributed by atoms with Crippen LogP contribution in [0.1, 0.15) is 13.8 Å². The molecule has 1 rings (SSSR count). The van der Waals surface area contributed by atoms with Crippen molar-refractivity contribution in [3.8, 4) is 11.5 Å². The highest BCUT2D eigenvalue weighted by Crippen LogP contribution is 2.26. The van der Waals surface area contributed by atoms with Gasteiger partial charge in [0.15, 0.2) is 17.5 Å². The first-order valence-electron chi connectivity index (χ1n) is 7.83. The van der Waals surface area contributed by atoms with Gasteiger partial charge in [-0.2, -0.15) is 0 Å². The monoisotopic (exact) mass is 337 g/mol. The molecular formula is C17H27N3O4. The Morgan fingerprint density at radius 2 is 1.75 bits per heavy atom. The molecule has 0 amide bonds. The number of para-hydroxylation sites is 2. The average Bonchev–Trinajstić information content (AvgIpc) is 2.61. The summed E-state index contributed by atoms with van der Waals surface area (Å²) in [7, 11) is 4.66. The van der Waals surface area contributed by atoms with E-state index in [0.717, 1.165) is 0 Å². The van der Waals surface area contributed by atoms with Gasteiger partial charge < -0.3 is 24.8 Å². The third kappa shape index (κ3) is 6.36. The molecule has 7 heteroatoms. The highest BCUT2D eigenvalue weighted by Gasteiger charge is 2.14. The molecule has 0 heterocycles. The molecule has 24 heavy (non-hydrogen) atoms. The zero-order chi connectivity index (χ0) is 17.9. The van der Waals surface area contributed by atoms with E-state index < -0.39 is 0 Å². The van der Waals surface area contributed by atoms with Crippen LogP contribution < -0.4 is 20.1 Å². The lowest BCUT2D eigenvalue weighted by Gasteiger charge is -2.19. The minimum atomic E-state index is -0.258. The number of esters is 1. The van der Waals surface area contributed by atoms with Crippen molar-refractivity contribution in [1.82, 2.24) is 10.6 Å². The van der Waals surface area contributed by atoms with Crippen LogP contribution in [0.25, 0.3) is 0 Å². The fraction of sp³-hybridized carbons (Fsp3) is 0.529. The molecule has 2 N–H and O–H groups in total. The highest BCUT2D eigenvalue weighted by molar-refractivity contribution is 5.80. The van der Waals surface area contributed by atoms with Crippen LogP contribution in [0.2, 0.25) is 0 Å². The average molecular weight is 337 g/mol. The molecule has 0 fully saturated rings. The molecule has 0 spiro atoms. The molecule has 0 radical (unpaired) electrons. The maximum Gasteiger partial charge on any atom is 0.310 e. The number of hydrogen-bond donors (Lipinski definition) is 2. The number of nitrogens with zero attached hydrogens (tertiary/aromatic N) is 1. The Morgan fingerprint density at radius 1 is 1.12 bits per heavy atom. The van der Waals surface area contributed by atoms with Crippen molar-refractivity contribution in [3.63, 3.8) is 0 Å². The zero-order valence-corrected chi connectivity index (χ0v) is 15.0. The van der Waals surface area contributed by atoms with E-state index in [4.69, 9.17) is 14.2 Å². The normalized spacial score (nSPS) is 13.6. The number of aliphatic imine (C=N–C) groups is 1. The minimum absolute atomic E-state index is 0.0992. The van der Waals surface area contributed by atoms with E-state index in [1.165, 1.54) is 7.11 Å².